The van der Waals surface area contributed by atoms with Crippen LogP contribution < -0.4 is 26.7 Å². The van der Waals surface area contributed by atoms with E-state index in [9.17, 15) is 18.8 Å². The highest BCUT2D eigenvalue weighted by Gasteiger charge is 2.23. The molecular formula is C22H30FN7O4. The van der Waals surface area contributed by atoms with Crippen molar-refractivity contribution < 1.29 is 18.7 Å². The molecule has 11 nitrogen and oxygen atoms in total. The smallest absolute Gasteiger partial charge is 0.326 e. The predicted molar refractivity (Wildman–Crippen MR) is 126 cm³/mol. The third-order valence-corrected chi connectivity index (χ3v) is 5.53. The fourth-order valence-electron chi connectivity index (χ4n) is 3.69. The summed E-state index contributed by atoms with van der Waals surface area (Å²) in [5, 5.41) is 4.94. The number of aromatic nitrogens is 2. The maximum atomic E-state index is 12.7. The average molecular weight is 476 g/mol. The second kappa shape index (κ2) is 12.1. The number of alkyl halides is 1. The molecule has 0 aliphatic carbocycles. The summed E-state index contributed by atoms with van der Waals surface area (Å²) >= 11 is 0. The molecule has 1 aliphatic heterocycles. The van der Waals surface area contributed by atoms with Gasteiger partial charge >= 0.3 is 6.03 Å². The van der Waals surface area contributed by atoms with Crippen LogP contribution in [0.3, 0.4) is 0 Å². The number of para-hydroxylation sites is 2. The Morgan fingerprint density at radius 2 is 1.94 bits per heavy atom. The number of nitrogens with two attached hydrogens (primary N) is 1. The SMILES string of the molecule is Cc1nc(NC(=O)Nc2ccccc2OCF)[nH]c(=O)c1CC(=O)N1CCN(CCCN)CC1. The Balaban J connectivity index is 1.59. The van der Waals surface area contributed by atoms with Crippen molar-refractivity contribution in [3.63, 3.8) is 0 Å². The fourth-order valence-corrected chi connectivity index (χ4v) is 3.69. The van der Waals surface area contributed by atoms with Gasteiger partial charge in [-0.2, -0.15) is 0 Å². The van der Waals surface area contributed by atoms with Crippen molar-refractivity contribution in [1.82, 2.24) is 19.8 Å². The number of halogens is 1. The van der Waals surface area contributed by atoms with Crippen molar-refractivity contribution in [2.45, 2.75) is 19.8 Å². The summed E-state index contributed by atoms with van der Waals surface area (Å²) in [7, 11) is 0. The van der Waals surface area contributed by atoms with Crippen LogP contribution in [0.25, 0.3) is 0 Å². The summed E-state index contributed by atoms with van der Waals surface area (Å²) in [5.74, 6) is -0.0581. The van der Waals surface area contributed by atoms with Crippen LogP contribution in [-0.4, -0.2) is 77.8 Å². The van der Waals surface area contributed by atoms with Gasteiger partial charge in [0.1, 0.15) is 5.75 Å². The van der Waals surface area contributed by atoms with Gasteiger partial charge in [0.15, 0.2) is 0 Å². The van der Waals surface area contributed by atoms with Crippen LogP contribution in [-0.2, 0) is 11.2 Å². The van der Waals surface area contributed by atoms with Crippen LogP contribution in [0.2, 0.25) is 0 Å². The number of hydrogen-bond donors (Lipinski definition) is 4. The number of aryl methyl sites for hydroxylation is 1. The van der Waals surface area contributed by atoms with E-state index in [0.29, 0.717) is 25.3 Å². The molecule has 34 heavy (non-hydrogen) atoms. The number of amides is 3. The number of anilines is 2. The highest BCUT2D eigenvalue weighted by Crippen LogP contribution is 2.23. The van der Waals surface area contributed by atoms with E-state index in [2.05, 4.69) is 25.5 Å². The number of nitrogens with one attached hydrogen (secondary N) is 3. The van der Waals surface area contributed by atoms with Gasteiger partial charge in [0.2, 0.25) is 18.7 Å². The van der Waals surface area contributed by atoms with Gasteiger partial charge in [0.05, 0.1) is 17.8 Å². The Hall–Kier alpha value is -3.51. The third-order valence-electron chi connectivity index (χ3n) is 5.53. The number of hydrogen-bond acceptors (Lipinski definition) is 7. The van der Waals surface area contributed by atoms with Gasteiger partial charge < -0.3 is 20.7 Å². The van der Waals surface area contributed by atoms with E-state index in [1.54, 1.807) is 30.0 Å². The molecule has 1 aliphatic rings. The predicted octanol–water partition coefficient (Wildman–Crippen LogP) is 1.06. The second-order valence-electron chi connectivity index (χ2n) is 7.85. The lowest BCUT2D eigenvalue weighted by Gasteiger charge is -2.34. The van der Waals surface area contributed by atoms with Crippen LogP contribution in [0.4, 0.5) is 20.8 Å². The first-order valence-electron chi connectivity index (χ1n) is 11.1. The maximum Gasteiger partial charge on any atom is 0.326 e. The van der Waals surface area contributed by atoms with E-state index in [0.717, 1.165) is 26.1 Å². The summed E-state index contributed by atoms with van der Waals surface area (Å²) in [6, 6.07) is 5.63. The molecule has 3 rings (SSSR count). The summed E-state index contributed by atoms with van der Waals surface area (Å²) in [5.41, 5.74) is 5.90. The number of piperazine rings is 1. The lowest BCUT2D eigenvalue weighted by molar-refractivity contribution is -0.132. The first-order valence-corrected chi connectivity index (χ1v) is 11.1. The second-order valence-corrected chi connectivity index (χ2v) is 7.85. The Kier molecular flexibility index (Phi) is 8.93. The molecule has 0 bridgehead atoms. The number of aromatic amines is 1. The Labute approximate surface area is 196 Å². The van der Waals surface area contributed by atoms with E-state index in [1.807, 2.05) is 0 Å². The molecule has 2 heterocycles. The molecule has 0 saturated carbocycles. The van der Waals surface area contributed by atoms with Crippen LogP contribution in [0.15, 0.2) is 29.1 Å². The first kappa shape index (κ1) is 25.1. The molecule has 0 atom stereocenters. The van der Waals surface area contributed by atoms with Gasteiger partial charge in [-0.05, 0) is 38.6 Å². The molecular weight excluding hydrogens is 445 g/mol. The number of H-pyrrole nitrogens is 1. The lowest BCUT2D eigenvalue weighted by atomic mass is 10.1. The molecule has 3 amide bonds. The van der Waals surface area contributed by atoms with Crippen molar-refractivity contribution >= 4 is 23.6 Å². The molecule has 1 aromatic carbocycles. The summed E-state index contributed by atoms with van der Waals surface area (Å²) in [6.45, 7) is 4.86. The van der Waals surface area contributed by atoms with Crippen molar-refractivity contribution in [3.05, 3.63) is 45.9 Å². The minimum Gasteiger partial charge on any atom is -0.461 e. The highest BCUT2D eigenvalue weighted by atomic mass is 19.1. The molecule has 0 radical (unpaired) electrons. The fraction of sp³-hybridized carbons (Fsp3) is 0.455. The standard InChI is InChI=1S/C22H30FN7O4/c1-15-16(13-19(31)30-11-9-29(10-12-30)8-4-7-24)20(32)27-21(25-15)28-22(33)26-17-5-2-3-6-18(17)34-14-23/h2-3,5-6H,4,7-14,24H2,1H3,(H3,25,26,27,28,32,33). The zero-order valence-corrected chi connectivity index (χ0v) is 19.1. The number of carbonyl (C=O) groups excluding carboxylic acids is 2. The molecule has 0 spiro atoms. The molecule has 1 fully saturated rings. The zero-order chi connectivity index (χ0) is 24.5. The van der Waals surface area contributed by atoms with Gasteiger partial charge in [-0.25, -0.2) is 14.2 Å². The molecule has 184 valence electrons. The molecule has 1 aromatic heterocycles. The van der Waals surface area contributed by atoms with Crippen LogP contribution in [0.5, 0.6) is 5.75 Å². The lowest BCUT2D eigenvalue weighted by Crippen LogP contribution is -2.49. The topological polar surface area (TPSA) is 146 Å². The maximum absolute atomic E-state index is 12.7. The van der Waals surface area contributed by atoms with E-state index < -0.39 is 18.5 Å². The van der Waals surface area contributed by atoms with Crippen molar-refractivity contribution in [1.29, 1.82) is 0 Å². The van der Waals surface area contributed by atoms with Crippen LogP contribution >= 0.6 is 0 Å². The van der Waals surface area contributed by atoms with Gasteiger partial charge in [0.25, 0.3) is 5.56 Å². The molecule has 5 N–H and O–H groups in total. The number of benzene rings is 1. The quantitative estimate of drug-likeness (QED) is 0.424. The van der Waals surface area contributed by atoms with Crippen LogP contribution in [0.1, 0.15) is 17.7 Å². The normalized spacial score (nSPS) is 14.0. The Morgan fingerprint density at radius 1 is 1.21 bits per heavy atom. The van der Waals surface area contributed by atoms with E-state index >= 15 is 0 Å². The minimum absolute atomic E-state index is 0.0720. The van der Waals surface area contributed by atoms with Crippen molar-refractivity contribution in [3.8, 4) is 5.75 Å². The molecule has 0 unspecified atom stereocenters. The monoisotopic (exact) mass is 475 g/mol. The number of ether oxygens (including phenoxy) is 1. The number of carbonyl (C=O) groups is 2. The van der Waals surface area contributed by atoms with E-state index in [1.165, 1.54) is 6.07 Å². The van der Waals surface area contributed by atoms with Crippen molar-refractivity contribution in [2.75, 3.05) is 56.8 Å². The summed E-state index contributed by atoms with van der Waals surface area (Å²) in [4.78, 5) is 48.4. The Bertz CT molecular complexity index is 1050. The molecule has 2 aromatic rings. The third kappa shape index (κ3) is 6.75. The van der Waals surface area contributed by atoms with Crippen LogP contribution in [0, 0.1) is 6.92 Å². The largest absolute Gasteiger partial charge is 0.461 e. The van der Waals surface area contributed by atoms with Gasteiger partial charge in [-0.1, -0.05) is 12.1 Å². The Morgan fingerprint density at radius 3 is 2.62 bits per heavy atom. The number of nitrogens with zero attached hydrogens (tertiary/aromatic N) is 3. The molecule has 12 heteroatoms. The van der Waals surface area contributed by atoms with Crippen molar-refractivity contribution in [2.24, 2.45) is 5.73 Å². The van der Waals surface area contributed by atoms with Gasteiger partial charge in [0, 0.05) is 31.7 Å². The molecule has 1 saturated heterocycles. The first-order chi connectivity index (χ1) is 16.4. The summed E-state index contributed by atoms with van der Waals surface area (Å²) in [6.07, 6.45) is 0.849. The zero-order valence-electron chi connectivity index (χ0n) is 19.1. The average Bonchev–Trinajstić information content (AvgIpc) is 2.81. The van der Waals surface area contributed by atoms with Gasteiger partial charge in [-0.3, -0.25) is 24.8 Å². The summed E-state index contributed by atoms with van der Waals surface area (Å²) < 4.78 is 17.3. The minimum atomic E-state index is -1.04. The van der Waals surface area contributed by atoms with E-state index in [-0.39, 0.29) is 35.3 Å². The number of rotatable bonds is 9. The highest BCUT2D eigenvalue weighted by molar-refractivity contribution is 5.99. The van der Waals surface area contributed by atoms with Gasteiger partial charge in [-0.15, -0.1) is 0 Å². The van der Waals surface area contributed by atoms with E-state index in [4.69, 9.17) is 10.5 Å². The number of urea groups is 1.